The van der Waals surface area contributed by atoms with Crippen molar-refractivity contribution in [2.24, 2.45) is 5.92 Å². The van der Waals surface area contributed by atoms with Gasteiger partial charge in [-0.05, 0) is 39.8 Å². The van der Waals surface area contributed by atoms with Crippen molar-refractivity contribution in [2.45, 2.75) is 40.2 Å². The fourth-order valence-electron chi connectivity index (χ4n) is 3.81. The van der Waals surface area contributed by atoms with Crippen LogP contribution in [0.1, 0.15) is 37.7 Å². The molecule has 28 heavy (non-hydrogen) atoms. The van der Waals surface area contributed by atoms with Crippen LogP contribution in [-0.4, -0.2) is 38.3 Å². The summed E-state index contributed by atoms with van der Waals surface area (Å²) in [5.41, 5.74) is 3.29. The first-order valence-corrected chi connectivity index (χ1v) is 9.47. The van der Waals surface area contributed by atoms with Crippen molar-refractivity contribution in [2.75, 3.05) is 16.8 Å². The summed E-state index contributed by atoms with van der Waals surface area (Å²) < 4.78 is 1.90. The Kier molecular flexibility index (Phi) is 4.41. The first-order valence-electron chi connectivity index (χ1n) is 9.47. The first-order chi connectivity index (χ1) is 13.4. The maximum atomic E-state index is 12.9. The Balaban J connectivity index is 1.54. The van der Waals surface area contributed by atoms with Crippen LogP contribution in [-0.2, 0) is 9.59 Å². The van der Waals surface area contributed by atoms with E-state index in [9.17, 15) is 9.59 Å². The number of anilines is 2. The molecule has 1 aliphatic rings. The molecular weight excluding hydrogens is 356 g/mol. The molecule has 0 radical (unpaired) electrons. The van der Waals surface area contributed by atoms with E-state index < -0.39 is 5.92 Å². The molecule has 1 aliphatic heterocycles. The smallest absolute Gasteiger partial charge is 0.229 e. The van der Waals surface area contributed by atoms with E-state index in [0.29, 0.717) is 12.4 Å². The number of nitrogens with zero attached hydrogens (tertiary/aromatic N) is 4. The van der Waals surface area contributed by atoms with Crippen molar-refractivity contribution in [3.05, 3.63) is 35.7 Å². The summed E-state index contributed by atoms with van der Waals surface area (Å²) >= 11 is 0. The number of amides is 2. The molecule has 146 valence electrons. The van der Waals surface area contributed by atoms with Gasteiger partial charge in [0.1, 0.15) is 0 Å². The Morgan fingerprint density at radius 3 is 2.75 bits per heavy atom. The van der Waals surface area contributed by atoms with Gasteiger partial charge in [-0.3, -0.25) is 24.3 Å². The number of hydrogen-bond donors (Lipinski definition) is 2. The quantitative estimate of drug-likeness (QED) is 0.727. The zero-order valence-corrected chi connectivity index (χ0v) is 16.5. The number of para-hydroxylation sites is 1. The summed E-state index contributed by atoms with van der Waals surface area (Å²) in [6.45, 7) is 8.23. The summed E-state index contributed by atoms with van der Waals surface area (Å²) in [5, 5.41) is 15.6. The minimum Gasteiger partial charge on any atom is -0.323 e. The molecule has 1 saturated heterocycles. The van der Waals surface area contributed by atoms with Gasteiger partial charge in [0.05, 0.1) is 28.5 Å². The van der Waals surface area contributed by atoms with Gasteiger partial charge in [-0.1, -0.05) is 12.1 Å². The summed E-state index contributed by atoms with van der Waals surface area (Å²) in [6, 6.07) is 7.86. The second-order valence-electron chi connectivity index (χ2n) is 7.57. The Morgan fingerprint density at radius 1 is 1.29 bits per heavy atom. The molecular formula is C20H24N6O2. The van der Waals surface area contributed by atoms with E-state index >= 15 is 0 Å². The number of H-pyrrole nitrogens is 1. The molecule has 4 rings (SSSR count). The number of aromatic nitrogens is 4. The van der Waals surface area contributed by atoms with Gasteiger partial charge in [-0.15, -0.1) is 0 Å². The van der Waals surface area contributed by atoms with E-state index in [-0.39, 0.29) is 24.3 Å². The zero-order valence-electron chi connectivity index (χ0n) is 16.5. The fraction of sp³-hybridized carbons (Fsp3) is 0.400. The number of fused-ring (bicyclic) bond motifs is 1. The first kappa shape index (κ1) is 18.2. The van der Waals surface area contributed by atoms with Gasteiger partial charge >= 0.3 is 0 Å². The van der Waals surface area contributed by atoms with Gasteiger partial charge in [-0.25, -0.2) is 0 Å². The Labute approximate surface area is 162 Å². The number of benzene rings is 1. The second-order valence-corrected chi connectivity index (χ2v) is 7.57. The largest absolute Gasteiger partial charge is 0.323 e. The van der Waals surface area contributed by atoms with Gasteiger partial charge in [0, 0.05) is 24.4 Å². The third kappa shape index (κ3) is 2.94. The van der Waals surface area contributed by atoms with E-state index in [1.165, 1.54) is 0 Å². The van der Waals surface area contributed by atoms with Crippen molar-refractivity contribution >= 4 is 34.2 Å². The molecule has 8 heteroatoms. The van der Waals surface area contributed by atoms with Gasteiger partial charge in [0.2, 0.25) is 11.8 Å². The lowest BCUT2D eigenvalue weighted by atomic mass is 10.1. The fourth-order valence-corrected chi connectivity index (χ4v) is 3.81. The van der Waals surface area contributed by atoms with E-state index in [2.05, 4.69) is 20.6 Å². The molecule has 2 N–H and O–H groups in total. The van der Waals surface area contributed by atoms with Crippen LogP contribution < -0.4 is 10.2 Å². The molecule has 0 bridgehead atoms. The van der Waals surface area contributed by atoms with E-state index in [4.69, 9.17) is 0 Å². The number of rotatable bonds is 4. The molecule has 0 aliphatic carbocycles. The van der Waals surface area contributed by atoms with E-state index in [0.717, 1.165) is 28.0 Å². The van der Waals surface area contributed by atoms with Crippen molar-refractivity contribution in [3.8, 4) is 0 Å². The average molecular weight is 380 g/mol. The molecule has 1 atom stereocenters. The van der Waals surface area contributed by atoms with Gasteiger partial charge in [0.25, 0.3) is 0 Å². The van der Waals surface area contributed by atoms with Crippen molar-refractivity contribution < 1.29 is 9.59 Å². The number of nitrogens with one attached hydrogen (secondary N) is 2. The van der Waals surface area contributed by atoms with E-state index in [1.807, 2.05) is 56.6 Å². The third-order valence-corrected chi connectivity index (χ3v) is 5.26. The highest BCUT2D eigenvalue weighted by Crippen LogP contribution is 2.31. The summed E-state index contributed by atoms with van der Waals surface area (Å²) in [6.07, 6.45) is 0.170. The SMILES string of the molecule is Cc1nn(C(C)C)c(C)c1NC(=O)C1CC(=O)N(c2n[nH]c3ccccc23)C1. The van der Waals surface area contributed by atoms with Crippen LogP contribution in [0.5, 0.6) is 0 Å². The van der Waals surface area contributed by atoms with Crippen LogP contribution >= 0.6 is 0 Å². The van der Waals surface area contributed by atoms with Crippen LogP contribution in [0.4, 0.5) is 11.5 Å². The van der Waals surface area contributed by atoms with Crippen LogP contribution in [0.3, 0.4) is 0 Å². The van der Waals surface area contributed by atoms with Crippen LogP contribution in [0.15, 0.2) is 24.3 Å². The Hall–Kier alpha value is -3.16. The molecule has 2 aromatic heterocycles. The zero-order chi connectivity index (χ0) is 20.0. The van der Waals surface area contributed by atoms with Gasteiger partial charge in [0.15, 0.2) is 5.82 Å². The highest BCUT2D eigenvalue weighted by atomic mass is 16.2. The summed E-state index contributed by atoms with van der Waals surface area (Å²) in [7, 11) is 0. The number of carbonyl (C=O) groups excluding carboxylic acids is 2. The second kappa shape index (κ2) is 6.78. The molecule has 1 unspecified atom stereocenters. The van der Waals surface area contributed by atoms with Crippen LogP contribution in [0, 0.1) is 19.8 Å². The molecule has 3 aromatic rings. The third-order valence-electron chi connectivity index (χ3n) is 5.26. The maximum Gasteiger partial charge on any atom is 0.229 e. The van der Waals surface area contributed by atoms with Gasteiger partial charge < -0.3 is 5.32 Å². The lowest BCUT2D eigenvalue weighted by Crippen LogP contribution is -2.28. The maximum absolute atomic E-state index is 12.9. The van der Waals surface area contributed by atoms with Gasteiger partial charge in [-0.2, -0.15) is 10.2 Å². The Bertz CT molecular complexity index is 1060. The van der Waals surface area contributed by atoms with Crippen molar-refractivity contribution in [3.63, 3.8) is 0 Å². The molecule has 0 spiro atoms. The monoisotopic (exact) mass is 380 g/mol. The average Bonchev–Trinajstić information content (AvgIpc) is 3.33. The van der Waals surface area contributed by atoms with E-state index in [1.54, 1.807) is 4.90 Å². The standard InChI is InChI=1S/C20H24N6O2/c1-11(2)26-13(4)18(12(3)24-26)21-20(28)14-9-17(27)25(10-14)19-15-7-5-6-8-16(15)22-23-19/h5-8,11,14H,9-10H2,1-4H3,(H,21,28)(H,22,23). The van der Waals surface area contributed by atoms with Crippen molar-refractivity contribution in [1.29, 1.82) is 0 Å². The van der Waals surface area contributed by atoms with Crippen LogP contribution in [0.25, 0.3) is 10.9 Å². The number of aryl methyl sites for hydroxylation is 1. The topological polar surface area (TPSA) is 95.9 Å². The predicted octanol–water partition coefficient (Wildman–Crippen LogP) is 2.95. The lowest BCUT2D eigenvalue weighted by molar-refractivity contribution is -0.122. The molecule has 2 amide bonds. The number of carbonyl (C=O) groups is 2. The Morgan fingerprint density at radius 2 is 2.04 bits per heavy atom. The predicted molar refractivity (Wildman–Crippen MR) is 107 cm³/mol. The number of hydrogen-bond acceptors (Lipinski definition) is 4. The minimum atomic E-state index is -0.427. The molecule has 3 heterocycles. The van der Waals surface area contributed by atoms with Crippen molar-refractivity contribution in [1.82, 2.24) is 20.0 Å². The summed E-state index contributed by atoms with van der Waals surface area (Å²) in [4.78, 5) is 27.1. The highest BCUT2D eigenvalue weighted by molar-refractivity contribution is 6.07. The summed E-state index contributed by atoms with van der Waals surface area (Å²) in [5.74, 6) is -0.103. The number of aromatic amines is 1. The molecule has 0 saturated carbocycles. The molecule has 8 nitrogen and oxygen atoms in total. The molecule has 1 fully saturated rings. The highest BCUT2D eigenvalue weighted by Gasteiger charge is 2.37. The lowest BCUT2D eigenvalue weighted by Gasteiger charge is -2.14. The molecule has 1 aromatic carbocycles. The normalized spacial score (nSPS) is 17.1. The van der Waals surface area contributed by atoms with Crippen LogP contribution in [0.2, 0.25) is 0 Å². The minimum absolute atomic E-state index is 0.0938.